The molecule has 2 aromatic heterocycles. The van der Waals surface area contributed by atoms with Crippen LogP contribution in [0.5, 0.6) is 0 Å². The van der Waals surface area contributed by atoms with Crippen molar-refractivity contribution in [2.45, 2.75) is 0 Å². The topological polar surface area (TPSA) is 75.6 Å². The van der Waals surface area contributed by atoms with Gasteiger partial charge < -0.3 is 9.55 Å². The smallest absolute Gasteiger partial charge is 0.316 e. The highest BCUT2D eigenvalue weighted by molar-refractivity contribution is 7.71. The summed E-state index contributed by atoms with van der Waals surface area (Å²) in [6.45, 7) is 0. The lowest BCUT2D eigenvalue weighted by Crippen LogP contribution is -2.29. The molecule has 0 aliphatic carbocycles. The van der Waals surface area contributed by atoms with Crippen LogP contribution in [0.2, 0.25) is 0 Å². The maximum Gasteiger partial charge on any atom is 0.334 e. The summed E-state index contributed by atoms with van der Waals surface area (Å²) in [5.74, 6) is 0. The largest absolute Gasteiger partial charge is 0.334 e. The zero-order valence-corrected chi connectivity index (χ0v) is 10.8. The van der Waals surface area contributed by atoms with Gasteiger partial charge in [0.1, 0.15) is 0 Å². The molecule has 96 valence electrons. The van der Waals surface area contributed by atoms with Crippen LogP contribution < -0.4 is 11.2 Å². The van der Waals surface area contributed by atoms with Gasteiger partial charge in [-0.15, -0.1) is 0 Å². The number of imidazole rings is 1. The van der Waals surface area contributed by atoms with E-state index in [9.17, 15) is 9.59 Å². The summed E-state index contributed by atoms with van der Waals surface area (Å²) in [7, 11) is 1.68. The van der Waals surface area contributed by atoms with Crippen LogP contribution in [0, 0.1) is 4.77 Å². The predicted octanol–water partition coefficient (Wildman–Crippen LogP) is 1.08. The van der Waals surface area contributed by atoms with E-state index in [0.29, 0.717) is 21.6 Å². The quantitative estimate of drug-likeness (QED) is 0.652. The van der Waals surface area contributed by atoms with Crippen molar-refractivity contribution in [1.29, 1.82) is 0 Å². The molecule has 0 amide bonds. The molecule has 0 saturated heterocycles. The van der Waals surface area contributed by atoms with Gasteiger partial charge in [-0.2, -0.15) is 0 Å². The molecular formula is C12H10N4O2S. The monoisotopic (exact) mass is 274 g/mol. The Bertz CT molecular complexity index is 930. The van der Waals surface area contributed by atoms with E-state index in [-0.39, 0.29) is 0 Å². The fourth-order valence-electron chi connectivity index (χ4n) is 2.06. The van der Waals surface area contributed by atoms with Gasteiger partial charge in [-0.25, -0.2) is 9.36 Å². The summed E-state index contributed by atoms with van der Waals surface area (Å²) >= 11 is 5.11. The second-order valence-corrected chi connectivity index (χ2v) is 4.50. The number of hydrogen-bond acceptors (Lipinski definition) is 3. The molecule has 0 spiro atoms. The van der Waals surface area contributed by atoms with Crippen molar-refractivity contribution >= 4 is 23.4 Å². The van der Waals surface area contributed by atoms with E-state index >= 15 is 0 Å². The molecule has 0 bridgehead atoms. The molecule has 2 N–H and O–H groups in total. The minimum absolute atomic E-state index is 0.341. The fourth-order valence-corrected chi connectivity index (χ4v) is 2.25. The predicted molar refractivity (Wildman–Crippen MR) is 74.3 cm³/mol. The molecule has 1 aromatic carbocycles. The number of fused-ring (bicyclic) bond motifs is 1. The Morgan fingerprint density at radius 1 is 1.11 bits per heavy atom. The van der Waals surface area contributed by atoms with Crippen molar-refractivity contribution in [2.75, 3.05) is 0 Å². The SMILES string of the molecule is Cn1c(=S)[nH]c2c1c(=O)[nH]c(=O)n2-c1ccccc1. The number of aromatic nitrogens is 4. The summed E-state index contributed by atoms with van der Waals surface area (Å²) in [4.78, 5) is 29.1. The molecular weight excluding hydrogens is 264 g/mol. The third kappa shape index (κ3) is 1.66. The van der Waals surface area contributed by atoms with Crippen molar-refractivity contribution in [2.24, 2.45) is 7.05 Å². The van der Waals surface area contributed by atoms with Crippen LogP contribution in [0.3, 0.4) is 0 Å². The van der Waals surface area contributed by atoms with Gasteiger partial charge in [0.15, 0.2) is 15.9 Å². The standard InChI is InChI=1S/C12H10N4O2S/c1-15-8-9(13-12(15)19)16(11(18)14-10(8)17)7-5-3-2-4-6-7/h2-6H,1H3,(H,13,19)(H,14,17,18). The van der Waals surface area contributed by atoms with Gasteiger partial charge in [0.2, 0.25) is 0 Å². The van der Waals surface area contributed by atoms with Gasteiger partial charge in [-0.1, -0.05) is 18.2 Å². The molecule has 0 saturated carbocycles. The molecule has 0 aliphatic rings. The lowest BCUT2D eigenvalue weighted by Gasteiger charge is -2.06. The molecule has 0 unspecified atom stereocenters. The summed E-state index contributed by atoms with van der Waals surface area (Å²) in [5, 5.41) is 0. The molecule has 0 atom stereocenters. The van der Waals surface area contributed by atoms with Gasteiger partial charge in [0.05, 0.1) is 5.69 Å². The molecule has 19 heavy (non-hydrogen) atoms. The van der Waals surface area contributed by atoms with Crippen molar-refractivity contribution in [3.8, 4) is 5.69 Å². The minimum atomic E-state index is -0.499. The molecule has 0 radical (unpaired) electrons. The van der Waals surface area contributed by atoms with E-state index in [1.807, 2.05) is 18.2 Å². The van der Waals surface area contributed by atoms with E-state index in [2.05, 4.69) is 9.97 Å². The molecule has 2 heterocycles. The Morgan fingerprint density at radius 3 is 2.47 bits per heavy atom. The van der Waals surface area contributed by atoms with E-state index in [1.54, 1.807) is 23.7 Å². The van der Waals surface area contributed by atoms with Crippen molar-refractivity contribution in [3.05, 3.63) is 55.9 Å². The van der Waals surface area contributed by atoms with Gasteiger partial charge in [-0.3, -0.25) is 9.78 Å². The first-order chi connectivity index (χ1) is 9.09. The van der Waals surface area contributed by atoms with Crippen LogP contribution in [-0.4, -0.2) is 19.1 Å². The van der Waals surface area contributed by atoms with Crippen LogP contribution >= 0.6 is 12.2 Å². The number of hydrogen-bond donors (Lipinski definition) is 2. The van der Waals surface area contributed by atoms with Crippen LogP contribution in [-0.2, 0) is 7.05 Å². The van der Waals surface area contributed by atoms with Crippen molar-refractivity contribution < 1.29 is 0 Å². The molecule has 7 heteroatoms. The Balaban J connectivity index is 2.57. The van der Waals surface area contributed by atoms with Gasteiger partial charge in [0.25, 0.3) is 5.56 Å². The third-order valence-electron chi connectivity index (χ3n) is 2.97. The van der Waals surface area contributed by atoms with Gasteiger partial charge >= 0.3 is 5.69 Å². The lowest BCUT2D eigenvalue weighted by molar-refractivity contribution is 0.904. The molecule has 6 nitrogen and oxygen atoms in total. The average molecular weight is 274 g/mol. The summed E-state index contributed by atoms with van der Waals surface area (Å²) in [5.41, 5.74) is 0.439. The van der Waals surface area contributed by atoms with Gasteiger partial charge in [0, 0.05) is 7.05 Å². The highest BCUT2D eigenvalue weighted by atomic mass is 32.1. The zero-order valence-electron chi connectivity index (χ0n) is 10.0. The first kappa shape index (κ1) is 11.7. The van der Waals surface area contributed by atoms with Crippen LogP contribution in [0.15, 0.2) is 39.9 Å². The third-order valence-corrected chi connectivity index (χ3v) is 3.34. The number of aryl methyl sites for hydroxylation is 1. The zero-order chi connectivity index (χ0) is 13.6. The molecule has 0 aliphatic heterocycles. The number of H-pyrrole nitrogens is 2. The van der Waals surface area contributed by atoms with Crippen LogP contribution in [0.25, 0.3) is 16.9 Å². The number of aromatic amines is 2. The van der Waals surface area contributed by atoms with Crippen LogP contribution in [0.4, 0.5) is 0 Å². The van der Waals surface area contributed by atoms with Gasteiger partial charge in [-0.05, 0) is 24.4 Å². The first-order valence-corrected chi connectivity index (χ1v) is 6.00. The fraction of sp³-hybridized carbons (Fsp3) is 0.0833. The van der Waals surface area contributed by atoms with E-state index in [0.717, 1.165) is 0 Å². The molecule has 3 aromatic rings. The Morgan fingerprint density at radius 2 is 1.79 bits per heavy atom. The molecule has 3 rings (SSSR count). The summed E-state index contributed by atoms with van der Waals surface area (Å²) in [6.07, 6.45) is 0. The normalized spacial score (nSPS) is 11.0. The number of benzene rings is 1. The highest BCUT2D eigenvalue weighted by Gasteiger charge is 2.13. The number of para-hydroxylation sites is 1. The van der Waals surface area contributed by atoms with E-state index in [1.165, 1.54) is 4.57 Å². The second kappa shape index (κ2) is 4.06. The Labute approximate surface area is 112 Å². The lowest BCUT2D eigenvalue weighted by atomic mass is 10.3. The minimum Gasteiger partial charge on any atom is -0.316 e. The van der Waals surface area contributed by atoms with Crippen molar-refractivity contribution in [1.82, 2.24) is 19.1 Å². The van der Waals surface area contributed by atoms with E-state index in [4.69, 9.17) is 12.2 Å². The molecule has 0 fully saturated rings. The number of nitrogens with zero attached hydrogens (tertiary/aromatic N) is 2. The maximum absolute atomic E-state index is 12.0. The second-order valence-electron chi connectivity index (χ2n) is 4.12. The number of nitrogens with one attached hydrogen (secondary N) is 2. The maximum atomic E-state index is 12.0. The number of rotatable bonds is 1. The highest BCUT2D eigenvalue weighted by Crippen LogP contribution is 2.11. The van der Waals surface area contributed by atoms with Crippen molar-refractivity contribution in [3.63, 3.8) is 0 Å². The first-order valence-electron chi connectivity index (χ1n) is 5.59. The van der Waals surface area contributed by atoms with E-state index < -0.39 is 11.2 Å². The van der Waals surface area contributed by atoms with Crippen LogP contribution in [0.1, 0.15) is 0 Å². The average Bonchev–Trinajstić information content (AvgIpc) is 2.67. The Kier molecular flexibility index (Phi) is 2.49. The summed E-state index contributed by atoms with van der Waals surface area (Å²) in [6, 6.07) is 9.04. The summed E-state index contributed by atoms with van der Waals surface area (Å²) < 4.78 is 3.32. The Hall–Kier alpha value is -2.41.